The maximum atomic E-state index is 11.9. The Bertz CT molecular complexity index is 1120. The monoisotopic (exact) mass is 455 g/mol. The standard InChI is InChI=1S/C23H22ClN3O5/c1-3-15(2)16-4-7-18(8-5-16)31-14-23(28)26-25-13-19-9-11-22(32-19)20-10-6-17(27(29)30)12-21(20)24/h4-13,15H,3,14H2,1-2H3,(H,26,28). The van der Waals surface area contributed by atoms with Crippen LogP contribution in [-0.2, 0) is 4.79 Å². The molecular formula is C23H22ClN3O5. The predicted molar refractivity (Wildman–Crippen MR) is 122 cm³/mol. The first-order valence-electron chi connectivity index (χ1n) is 9.96. The molecule has 0 aliphatic heterocycles. The zero-order valence-electron chi connectivity index (χ0n) is 17.6. The normalized spacial score (nSPS) is 12.0. The van der Waals surface area contributed by atoms with Crippen molar-refractivity contribution < 1.29 is 18.9 Å². The SMILES string of the molecule is CCC(C)c1ccc(OCC(=O)NN=Cc2ccc(-c3ccc([N+](=O)[O-])cc3Cl)o2)cc1. The molecule has 1 N–H and O–H groups in total. The fraction of sp³-hybridized carbons (Fsp3) is 0.217. The lowest BCUT2D eigenvalue weighted by Gasteiger charge is -2.10. The summed E-state index contributed by atoms with van der Waals surface area (Å²) in [7, 11) is 0. The van der Waals surface area contributed by atoms with Gasteiger partial charge in [-0.05, 0) is 48.2 Å². The molecule has 0 spiro atoms. The number of rotatable bonds is 9. The van der Waals surface area contributed by atoms with Crippen molar-refractivity contribution in [3.05, 3.63) is 81.1 Å². The number of carbonyl (C=O) groups is 1. The molecule has 1 atom stereocenters. The minimum Gasteiger partial charge on any atom is -0.484 e. The molecule has 0 bridgehead atoms. The first kappa shape index (κ1) is 23.0. The third-order valence-corrected chi connectivity index (χ3v) is 5.18. The average molecular weight is 456 g/mol. The van der Waals surface area contributed by atoms with Crippen LogP contribution in [0.3, 0.4) is 0 Å². The summed E-state index contributed by atoms with van der Waals surface area (Å²) >= 11 is 6.11. The highest BCUT2D eigenvalue weighted by atomic mass is 35.5. The van der Waals surface area contributed by atoms with Gasteiger partial charge in [0.05, 0.1) is 16.2 Å². The number of non-ortho nitro benzene ring substituents is 1. The molecule has 0 saturated carbocycles. The van der Waals surface area contributed by atoms with Gasteiger partial charge >= 0.3 is 0 Å². The van der Waals surface area contributed by atoms with Crippen molar-refractivity contribution in [2.45, 2.75) is 26.2 Å². The summed E-state index contributed by atoms with van der Waals surface area (Å²) in [4.78, 5) is 22.2. The maximum absolute atomic E-state index is 11.9. The van der Waals surface area contributed by atoms with Gasteiger partial charge in [0.25, 0.3) is 11.6 Å². The summed E-state index contributed by atoms with van der Waals surface area (Å²) in [6, 6.07) is 15.1. The molecule has 8 nitrogen and oxygen atoms in total. The van der Waals surface area contributed by atoms with E-state index < -0.39 is 10.8 Å². The Morgan fingerprint density at radius 3 is 2.66 bits per heavy atom. The molecule has 3 aromatic rings. The topological polar surface area (TPSA) is 107 Å². The lowest BCUT2D eigenvalue weighted by molar-refractivity contribution is -0.384. The molecule has 9 heteroatoms. The van der Waals surface area contributed by atoms with Crippen LogP contribution < -0.4 is 10.2 Å². The second kappa shape index (κ2) is 10.6. The smallest absolute Gasteiger partial charge is 0.277 e. The summed E-state index contributed by atoms with van der Waals surface area (Å²) in [5, 5.41) is 14.9. The zero-order valence-corrected chi connectivity index (χ0v) is 18.3. The minimum absolute atomic E-state index is 0.108. The number of hydrogen-bond donors (Lipinski definition) is 1. The number of furan rings is 1. The number of ether oxygens (including phenoxy) is 1. The molecule has 1 amide bonds. The van der Waals surface area contributed by atoms with E-state index in [9.17, 15) is 14.9 Å². The van der Waals surface area contributed by atoms with E-state index in [0.29, 0.717) is 28.8 Å². The van der Waals surface area contributed by atoms with Gasteiger partial charge in [-0.2, -0.15) is 5.10 Å². The van der Waals surface area contributed by atoms with Gasteiger partial charge < -0.3 is 9.15 Å². The van der Waals surface area contributed by atoms with E-state index in [0.717, 1.165) is 6.42 Å². The largest absolute Gasteiger partial charge is 0.484 e. The molecule has 0 radical (unpaired) electrons. The van der Waals surface area contributed by atoms with Gasteiger partial charge in [0.15, 0.2) is 6.61 Å². The number of halogens is 1. The van der Waals surface area contributed by atoms with Gasteiger partial charge in [-0.25, -0.2) is 5.43 Å². The van der Waals surface area contributed by atoms with E-state index >= 15 is 0 Å². The number of nitro groups is 1. The van der Waals surface area contributed by atoms with Crippen molar-refractivity contribution in [1.29, 1.82) is 0 Å². The van der Waals surface area contributed by atoms with E-state index in [1.54, 1.807) is 12.1 Å². The first-order chi connectivity index (χ1) is 15.4. The van der Waals surface area contributed by atoms with Gasteiger partial charge in [0.2, 0.25) is 0 Å². The highest BCUT2D eigenvalue weighted by Gasteiger charge is 2.13. The first-order valence-corrected chi connectivity index (χ1v) is 10.3. The summed E-state index contributed by atoms with van der Waals surface area (Å²) < 4.78 is 11.1. The van der Waals surface area contributed by atoms with E-state index in [4.69, 9.17) is 20.8 Å². The molecule has 166 valence electrons. The van der Waals surface area contributed by atoms with Crippen LogP contribution >= 0.6 is 11.6 Å². The quantitative estimate of drug-likeness (QED) is 0.258. The van der Waals surface area contributed by atoms with Crippen molar-refractivity contribution in [3.63, 3.8) is 0 Å². The van der Waals surface area contributed by atoms with Crippen LogP contribution in [0.25, 0.3) is 11.3 Å². The van der Waals surface area contributed by atoms with E-state index in [-0.39, 0.29) is 17.3 Å². The maximum Gasteiger partial charge on any atom is 0.277 e. The van der Waals surface area contributed by atoms with Crippen molar-refractivity contribution in [2.75, 3.05) is 6.61 Å². The molecule has 1 heterocycles. The molecule has 0 saturated heterocycles. The number of nitro benzene ring substituents is 1. The number of hydrazone groups is 1. The lowest BCUT2D eigenvalue weighted by Crippen LogP contribution is -2.24. The van der Waals surface area contributed by atoms with Crippen molar-refractivity contribution in [1.82, 2.24) is 5.43 Å². The van der Waals surface area contributed by atoms with Gasteiger partial charge in [-0.3, -0.25) is 14.9 Å². The highest BCUT2D eigenvalue weighted by Crippen LogP contribution is 2.32. The van der Waals surface area contributed by atoms with E-state index in [1.165, 1.54) is 30.0 Å². The lowest BCUT2D eigenvalue weighted by atomic mass is 9.99. The van der Waals surface area contributed by atoms with Crippen LogP contribution in [0.5, 0.6) is 5.75 Å². The van der Waals surface area contributed by atoms with Crippen LogP contribution in [0.4, 0.5) is 5.69 Å². The fourth-order valence-corrected chi connectivity index (χ4v) is 3.13. The molecule has 1 aromatic heterocycles. The summed E-state index contributed by atoms with van der Waals surface area (Å²) in [6.45, 7) is 4.11. The molecule has 32 heavy (non-hydrogen) atoms. The Labute approximate surface area is 190 Å². The van der Waals surface area contributed by atoms with Gasteiger partial charge in [0, 0.05) is 17.7 Å². The number of carbonyl (C=O) groups excluding carboxylic acids is 1. The number of nitrogens with zero attached hydrogens (tertiary/aromatic N) is 2. The second-order valence-electron chi connectivity index (χ2n) is 7.08. The third-order valence-electron chi connectivity index (χ3n) is 4.87. The molecule has 3 rings (SSSR count). The van der Waals surface area contributed by atoms with Crippen molar-refractivity contribution in [2.24, 2.45) is 5.10 Å². The van der Waals surface area contributed by atoms with Gasteiger partial charge in [0.1, 0.15) is 17.3 Å². The average Bonchev–Trinajstić information content (AvgIpc) is 3.26. The molecular weight excluding hydrogens is 434 g/mol. The highest BCUT2D eigenvalue weighted by molar-refractivity contribution is 6.33. The van der Waals surface area contributed by atoms with Crippen molar-refractivity contribution in [3.8, 4) is 17.1 Å². The van der Waals surface area contributed by atoms with Crippen LogP contribution in [0.15, 0.2) is 64.1 Å². The summed E-state index contributed by atoms with van der Waals surface area (Å²) in [6.07, 6.45) is 2.39. The number of benzene rings is 2. The van der Waals surface area contributed by atoms with Crippen LogP contribution in [0.2, 0.25) is 5.02 Å². The van der Waals surface area contributed by atoms with E-state index in [2.05, 4.69) is 24.4 Å². The number of hydrogen-bond acceptors (Lipinski definition) is 6. The Hall–Kier alpha value is -3.65. The van der Waals surface area contributed by atoms with Crippen LogP contribution in [0.1, 0.15) is 37.5 Å². The molecule has 2 aromatic carbocycles. The molecule has 0 aliphatic carbocycles. The van der Waals surface area contributed by atoms with Gasteiger partial charge in [-0.15, -0.1) is 0 Å². The Balaban J connectivity index is 1.51. The van der Waals surface area contributed by atoms with Crippen molar-refractivity contribution >= 4 is 29.4 Å². The van der Waals surface area contributed by atoms with Gasteiger partial charge in [-0.1, -0.05) is 37.6 Å². The Morgan fingerprint density at radius 1 is 1.25 bits per heavy atom. The van der Waals surface area contributed by atoms with Crippen LogP contribution in [0, 0.1) is 10.1 Å². The molecule has 0 aliphatic rings. The van der Waals surface area contributed by atoms with E-state index in [1.807, 2.05) is 24.3 Å². The molecule has 1 unspecified atom stereocenters. The summed E-state index contributed by atoms with van der Waals surface area (Å²) in [5.74, 6) is 1.45. The Morgan fingerprint density at radius 2 is 2.00 bits per heavy atom. The zero-order chi connectivity index (χ0) is 23.1. The Kier molecular flexibility index (Phi) is 7.62. The number of amides is 1. The third kappa shape index (κ3) is 5.95. The minimum atomic E-state index is -0.524. The number of nitrogens with one attached hydrogen (secondary N) is 1. The summed E-state index contributed by atoms with van der Waals surface area (Å²) in [5.41, 5.74) is 3.99. The predicted octanol–water partition coefficient (Wildman–Crippen LogP) is 5.55. The fourth-order valence-electron chi connectivity index (χ4n) is 2.86. The second-order valence-corrected chi connectivity index (χ2v) is 7.49. The van der Waals surface area contributed by atoms with Crippen LogP contribution in [-0.4, -0.2) is 23.7 Å². The molecule has 0 fully saturated rings.